The summed E-state index contributed by atoms with van der Waals surface area (Å²) in [6.45, 7) is 1.98. The monoisotopic (exact) mass is 607 g/mol. The van der Waals surface area contributed by atoms with Crippen molar-refractivity contribution in [2.75, 3.05) is 5.75 Å². The summed E-state index contributed by atoms with van der Waals surface area (Å²) < 4.78 is 14.9. The molecule has 1 aliphatic heterocycles. The quantitative estimate of drug-likeness (QED) is 0.192. The third-order valence-corrected chi connectivity index (χ3v) is 8.47. The Morgan fingerprint density at radius 3 is 2.45 bits per heavy atom. The van der Waals surface area contributed by atoms with Crippen molar-refractivity contribution in [2.45, 2.75) is 50.2 Å². The van der Waals surface area contributed by atoms with Gasteiger partial charge in [-0.15, -0.1) is 5.10 Å². The summed E-state index contributed by atoms with van der Waals surface area (Å²) in [6.07, 6.45) is -0.294. The van der Waals surface area contributed by atoms with Gasteiger partial charge in [0.25, 0.3) is 0 Å². The number of aliphatic hydroxyl groups excluding tert-OH is 1. The lowest BCUT2D eigenvalue weighted by molar-refractivity contribution is -0.245. The summed E-state index contributed by atoms with van der Waals surface area (Å²) in [4.78, 5) is 11.4. The van der Waals surface area contributed by atoms with Crippen molar-refractivity contribution in [3.05, 3.63) is 125 Å². The van der Waals surface area contributed by atoms with Gasteiger partial charge in [0.2, 0.25) is 11.1 Å². The van der Waals surface area contributed by atoms with E-state index < -0.39 is 6.29 Å². The van der Waals surface area contributed by atoms with Gasteiger partial charge in [-0.25, -0.2) is 0 Å². The largest absolute Gasteiger partial charge is 0.392 e. The molecule has 1 fully saturated rings. The van der Waals surface area contributed by atoms with Crippen LogP contribution in [-0.2, 0) is 27.4 Å². The highest BCUT2D eigenvalue weighted by atomic mass is 32.2. The first-order chi connectivity index (χ1) is 21.6. The molecule has 9 nitrogen and oxygen atoms in total. The number of carbonyl (C=O) groups excluding carboxylic acids is 1. The van der Waals surface area contributed by atoms with E-state index >= 15 is 0 Å². The molecule has 0 saturated carbocycles. The highest BCUT2D eigenvalue weighted by Crippen LogP contribution is 2.40. The van der Waals surface area contributed by atoms with Crippen LogP contribution in [0.25, 0.3) is 16.8 Å². The number of thioether (sulfide) groups is 1. The fourth-order valence-electron chi connectivity index (χ4n) is 5.14. The predicted octanol–water partition coefficient (Wildman–Crippen LogP) is 5.80. The minimum atomic E-state index is -0.593. The first-order valence-corrected chi connectivity index (χ1v) is 15.4. The number of carbonyl (C=O) groups is 1. The summed E-state index contributed by atoms with van der Waals surface area (Å²) >= 11 is 1.55. The summed E-state index contributed by atoms with van der Waals surface area (Å²) in [5.74, 6) is 0.567. The number of nitrogens with one attached hydrogen (secondary N) is 1. The maximum absolute atomic E-state index is 11.4. The molecule has 44 heavy (non-hydrogen) atoms. The smallest absolute Gasteiger partial charge is 0.217 e. The molecule has 224 valence electrons. The molecule has 1 aromatic heterocycles. The standard InChI is InChI=1S/C34H33N5O4S/c1-23(41)35-20-25-7-5-8-27(17-25)28-9-6-10-29(18-28)33-42-31(19-32(43-33)26-15-13-24(21-40)14-16-26)22-44-34-36-37-38-39(34)30-11-3-2-4-12-30/h2-18,31-33,40H,19-22H2,1H3,(H,35,41). The molecule has 3 unspecified atom stereocenters. The first-order valence-electron chi connectivity index (χ1n) is 14.5. The number of hydrogen-bond donors (Lipinski definition) is 2. The second-order valence-corrected chi connectivity index (χ2v) is 11.6. The number of para-hydroxylation sites is 1. The maximum atomic E-state index is 11.4. The average Bonchev–Trinajstić information content (AvgIpc) is 3.56. The third kappa shape index (κ3) is 7.23. The molecular weight excluding hydrogens is 574 g/mol. The van der Waals surface area contributed by atoms with E-state index in [2.05, 4.69) is 45.1 Å². The lowest BCUT2D eigenvalue weighted by atomic mass is 9.99. The number of nitrogens with zero attached hydrogens (tertiary/aromatic N) is 4. The second-order valence-electron chi connectivity index (χ2n) is 10.6. The van der Waals surface area contributed by atoms with Crippen LogP contribution in [0.2, 0.25) is 0 Å². The van der Waals surface area contributed by atoms with Gasteiger partial charge in [0, 0.05) is 31.2 Å². The van der Waals surface area contributed by atoms with Gasteiger partial charge in [-0.2, -0.15) is 4.68 Å². The number of tetrazole rings is 1. The SMILES string of the molecule is CC(=O)NCc1cccc(-c2cccc(C3OC(CSc4nnnn4-c4ccccc4)CC(c4ccc(CO)cc4)O3)c2)c1. The minimum absolute atomic E-state index is 0.00819. The third-order valence-electron chi connectivity index (χ3n) is 7.42. The Labute approximate surface area is 260 Å². The van der Waals surface area contributed by atoms with E-state index in [4.69, 9.17) is 9.47 Å². The zero-order chi connectivity index (χ0) is 30.3. The number of aromatic nitrogens is 4. The van der Waals surface area contributed by atoms with E-state index in [-0.39, 0.29) is 24.7 Å². The zero-order valence-corrected chi connectivity index (χ0v) is 25.1. The Balaban J connectivity index is 1.24. The highest BCUT2D eigenvalue weighted by molar-refractivity contribution is 7.99. The van der Waals surface area contributed by atoms with Crippen LogP contribution >= 0.6 is 11.8 Å². The van der Waals surface area contributed by atoms with E-state index in [0.717, 1.165) is 39.1 Å². The lowest BCUT2D eigenvalue weighted by Crippen LogP contribution is -2.31. The van der Waals surface area contributed by atoms with E-state index in [1.165, 1.54) is 6.92 Å². The number of aliphatic hydroxyl groups is 1. The van der Waals surface area contributed by atoms with Crippen molar-refractivity contribution in [1.29, 1.82) is 0 Å². The lowest BCUT2D eigenvalue weighted by Gasteiger charge is -2.36. The Hall–Kier alpha value is -4.35. The highest BCUT2D eigenvalue weighted by Gasteiger charge is 2.33. The van der Waals surface area contributed by atoms with E-state index in [1.807, 2.05) is 78.9 Å². The van der Waals surface area contributed by atoms with Gasteiger partial charge in [-0.05, 0) is 62.5 Å². The average molecular weight is 608 g/mol. The van der Waals surface area contributed by atoms with E-state index in [1.54, 1.807) is 16.4 Å². The van der Waals surface area contributed by atoms with Gasteiger partial charge in [0.15, 0.2) is 6.29 Å². The first kappa shape index (κ1) is 29.7. The maximum Gasteiger partial charge on any atom is 0.217 e. The molecule has 0 spiro atoms. The van der Waals surface area contributed by atoms with Crippen molar-refractivity contribution in [3.63, 3.8) is 0 Å². The van der Waals surface area contributed by atoms with Gasteiger partial charge in [-0.3, -0.25) is 4.79 Å². The molecule has 2 N–H and O–H groups in total. The van der Waals surface area contributed by atoms with Crippen LogP contribution in [0.15, 0.2) is 108 Å². The van der Waals surface area contributed by atoms with Gasteiger partial charge < -0.3 is 19.9 Å². The molecule has 0 radical (unpaired) electrons. The normalized spacial score (nSPS) is 18.2. The number of benzene rings is 4. The van der Waals surface area contributed by atoms with E-state index in [9.17, 15) is 9.90 Å². The molecule has 3 atom stereocenters. The summed E-state index contributed by atoms with van der Waals surface area (Å²) in [5, 5.41) is 25.4. The fourth-order valence-corrected chi connectivity index (χ4v) is 6.05. The van der Waals surface area contributed by atoms with Crippen LogP contribution in [0.3, 0.4) is 0 Å². The molecule has 1 saturated heterocycles. The van der Waals surface area contributed by atoms with Gasteiger partial charge >= 0.3 is 0 Å². The Morgan fingerprint density at radius 1 is 0.909 bits per heavy atom. The molecule has 0 aliphatic carbocycles. The van der Waals surface area contributed by atoms with Crippen LogP contribution in [0.1, 0.15) is 48.0 Å². The van der Waals surface area contributed by atoms with Gasteiger partial charge in [0.05, 0.1) is 24.5 Å². The number of ether oxygens (including phenoxy) is 2. The number of rotatable bonds is 10. The molecule has 2 heterocycles. The molecule has 10 heteroatoms. The van der Waals surface area contributed by atoms with Gasteiger partial charge in [0.1, 0.15) is 0 Å². The Bertz CT molecular complexity index is 1700. The molecule has 4 aromatic carbocycles. The van der Waals surface area contributed by atoms with Crippen LogP contribution in [-0.4, -0.2) is 43.1 Å². The van der Waals surface area contributed by atoms with Crippen LogP contribution in [0.4, 0.5) is 0 Å². The molecular formula is C34H33N5O4S. The predicted molar refractivity (Wildman–Crippen MR) is 168 cm³/mol. The Morgan fingerprint density at radius 2 is 1.68 bits per heavy atom. The van der Waals surface area contributed by atoms with Crippen LogP contribution < -0.4 is 5.32 Å². The van der Waals surface area contributed by atoms with Crippen LogP contribution in [0.5, 0.6) is 0 Å². The summed E-state index contributed by atoms with van der Waals surface area (Å²) in [5.41, 5.74) is 6.78. The number of hydrogen-bond acceptors (Lipinski definition) is 8. The minimum Gasteiger partial charge on any atom is -0.392 e. The van der Waals surface area contributed by atoms with Gasteiger partial charge in [-0.1, -0.05) is 90.6 Å². The van der Waals surface area contributed by atoms with Crippen molar-refractivity contribution in [1.82, 2.24) is 25.5 Å². The zero-order valence-electron chi connectivity index (χ0n) is 24.2. The van der Waals surface area contributed by atoms with E-state index in [0.29, 0.717) is 23.9 Å². The Kier molecular flexibility index (Phi) is 9.43. The molecule has 0 bridgehead atoms. The topological polar surface area (TPSA) is 111 Å². The van der Waals surface area contributed by atoms with Crippen molar-refractivity contribution in [2.24, 2.45) is 0 Å². The van der Waals surface area contributed by atoms with Crippen molar-refractivity contribution in [3.8, 4) is 16.8 Å². The van der Waals surface area contributed by atoms with Crippen LogP contribution in [0, 0.1) is 0 Å². The van der Waals surface area contributed by atoms with Crippen molar-refractivity contribution >= 4 is 17.7 Å². The van der Waals surface area contributed by atoms with Crippen molar-refractivity contribution < 1.29 is 19.4 Å². The second kappa shape index (κ2) is 14.0. The summed E-state index contributed by atoms with van der Waals surface area (Å²) in [7, 11) is 0. The summed E-state index contributed by atoms with van der Waals surface area (Å²) in [6, 6.07) is 34.0. The molecule has 6 rings (SSSR count). The molecule has 1 aliphatic rings. The molecule has 5 aromatic rings. The fraction of sp³-hybridized carbons (Fsp3) is 0.235. The number of amides is 1. The molecule has 1 amide bonds.